The number of ether oxygens (including phenoxy) is 1. The van der Waals surface area contributed by atoms with Crippen LogP contribution in [0.5, 0.6) is 0 Å². The predicted molar refractivity (Wildman–Crippen MR) is 125 cm³/mol. The van der Waals surface area contributed by atoms with Crippen molar-refractivity contribution in [2.45, 2.75) is 13.0 Å². The van der Waals surface area contributed by atoms with Gasteiger partial charge in [-0.1, -0.05) is 41.4 Å². The lowest BCUT2D eigenvalue weighted by atomic mass is 9.97. The van der Waals surface area contributed by atoms with Gasteiger partial charge in [0.2, 0.25) is 5.76 Å². The van der Waals surface area contributed by atoms with Gasteiger partial charge in [-0.15, -0.1) is 0 Å². The molecule has 7 heteroatoms. The Labute approximate surface area is 194 Å². The zero-order chi connectivity index (χ0) is 23.3. The molecule has 33 heavy (non-hydrogen) atoms. The number of aryl methyl sites for hydroxylation is 1. The second-order valence-corrected chi connectivity index (χ2v) is 8.28. The second-order valence-electron chi connectivity index (χ2n) is 7.84. The summed E-state index contributed by atoms with van der Waals surface area (Å²) in [5.74, 6) is -0.913. The molecule has 1 amide bonds. The van der Waals surface area contributed by atoms with E-state index in [4.69, 9.17) is 20.8 Å². The topological polar surface area (TPSA) is 76.8 Å². The highest BCUT2D eigenvalue weighted by Gasteiger charge is 2.43. The van der Waals surface area contributed by atoms with E-state index in [1.165, 1.54) is 12.0 Å². The number of nitrogens with zero attached hydrogens (tertiary/aromatic N) is 1. The molecule has 1 aliphatic heterocycles. The number of hydrogen-bond acceptors (Lipinski definition) is 5. The SMILES string of the molecule is COC(=O)c1ccc([C@@H]2c3c(oc4ccc(C)cc4c3=O)C(=O)N2c2cccc(Cl)c2)cc1. The molecular weight excluding hydrogens is 442 g/mol. The van der Waals surface area contributed by atoms with Crippen LogP contribution in [0.15, 0.2) is 75.9 Å². The van der Waals surface area contributed by atoms with E-state index >= 15 is 0 Å². The highest BCUT2D eigenvalue weighted by Crippen LogP contribution is 2.41. The number of carbonyl (C=O) groups excluding carboxylic acids is 2. The van der Waals surface area contributed by atoms with Crippen LogP contribution in [-0.2, 0) is 4.74 Å². The molecule has 4 aromatic rings. The Morgan fingerprint density at radius 3 is 2.48 bits per heavy atom. The summed E-state index contributed by atoms with van der Waals surface area (Å²) in [5.41, 5.74) is 2.78. The molecule has 1 aliphatic rings. The van der Waals surface area contributed by atoms with E-state index in [0.29, 0.717) is 32.8 Å². The molecule has 0 unspecified atom stereocenters. The van der Waals surface area contributed by atoms with Crippen molar-refractivity contribution < 1.29 is 18.7 Å². The van der Waals surface area contributed by atoms with Crippen LogP contribution in [0.3, 0.4) is 0 Å². The Morgan fingerprint density at radius 1 is 1.03 bits per heavy atom. The van der Waals surface area contributed by atoms with Gasteiger partial charge < -0.3 is 9.15 Å². The normalized spacial score (nSPS) is 15.1. The molecule has 0 saturated carbocycles. The van der Waals surface area contributed by atoms with Gasteiger partial charge in [-0.05, 0) is 55.0 Å². The van der Waals surface area contributed by atoms with E-state index in [9.17, 15) is 14.4 Å². The Kier molecular flexibility index (Phi) is 5.02. The van der Waals surface area contributed by atoms with E-state index in [1.54, 1.807) is 60.7 Å². The molecule has 0 fully saturated rings. The van der Waals surface area contributed by atoms with Gasteiger partial charge in [0.1, 0.15) is 5.58 Å². The van der Waals surface area contributed by atoms with Gasteiger partial charge in [0.25, 0.3) is 5.91 Å². The lowest BCUT2D eigenvalue weighted by Gasteiger charge is -2.25. The number of rotatable bonds is 3. The first-order valence-corrected chi connectivity index (χ1v) is 10.6. The van der Waals surface area contributed by atoms with Gasteiger partial charge in [0.05, 0.1) is 29.7 Å². The van der Waals surface area contributed by atoms with Crippen LogP contribution in [0.4, 0.5) is 5.69 Å². The molecule has 1 aromatic heterocycles. The molecule has 2 heterocycles. The summed E-state index contributed by atoms with van der Waals surface area (Å²) in [6.07, 6.45) is 0. The zero-order valence-corrected chi connectivity index (χ0v) is 18.6. The average Bonchev–Trinajstić information content (AvgIpc) is 3.11. The third-order valence-electron chi connectivity index (χ3n) is 5.76. The van der Waals surface area contributed by atoms with Crippen LogP contribution < -0.4 is 10.3 Å². The van der Waals surface area contributed by atoms with Crippen LogP contribution >= 0.6 is 11.6 Å². The van der Waals surface area contributed by atoms with Crippen molar-refractivity contribution in [3.63, 3.8) is 0 Å². The zero-order valence-electron chi connectivity index (χ0n) is 17.8. The third kappa shape index (κ3) is 3.39. The van der Waals surface area contributed by atoms with Crippen LogP contribution in [0.2, 0.25) is 5.02 Å². The number of hydrogen-bond donors (Lipinski definition) is 0. The van der Waals surface area contributed by atoms with Crippen LogP contribution in [-0.4, -0.2) is 19.0 Å². The number of amides is 1. The van der Waals surface area contributed by atoms with Gasteiger partial charge in [-0.25, -0.2) is 4.79 Å². The van der Waals surface area contributed by atoms with E-state index in [0.717, 1.165) is 5.56 Å². The molecule has 0 bridgehead atoms. The fraction of sp³-hybridized carbons (Fsp3) is 0.115. The first-order chi connectivity index (χ1) is 15.9. The van der Waals surface area contributed by atoms with Gasteiger partial charge in [-0.2, -0.15) is 0 Å². The number of halogens is 1. The molecule has 6 nitrogen and oxygen atoms in total. The molecule has 0 radical (unpaired) electrons. The standard InChI is InChI=1S/C26H18ClNO5/c1-14-6-11-20-19(12-14)23(29)21-22(15-7-9-16(10-8-15)26(31)32-2)28(25(30)24(21)33-20)18-5-3-4-17(27)13-18/h3-13,22H,1-2H3/t22-/m1/s1. The maximum absolute atomic E-state index is 13.6. The quantitative estimate of drug-likeness (QED) is 0.389. The molecule has 0 aliphatic carbocycles. The lowest BCUT2D eigenvalue weighted by molar-refractivity contribution is 0.0600. The summed E-state index contributed by atoms with van der Waals surface area (Å²) in [7, 11) is 1.31. The molecular formula is C26H18ClNO5. The summed E-state index contributed by atoms with van der Waals surface area (Å²) in [6, 6.07) is 18.0. The minimum atomic E-state index is -0.751. The molecule has 164 valence electrons. The molecule has 0 spiro atoms. The fourth-order valence-electron chi connectivity index (χ4n) is 4.21. The number of fused-ring (bicyclic) bond motifs is 2. The summed E-state index contributed by atoms with van der Waals surface area (Å²) >= 11 is 6.21. The molecule has 1 atom stereocenters. The first-order valence-electron chi connectivity index (χ1n) is 10.2. The van der Waals surface area contributed by atoms with Crippen LogP contribution in [0.25, 0.3) is 11.0 Å². The third-order valence-corrected chi connectivity index (χ3v) is 5.99. The Balaban J connectivity index is 1.77. The Bertz CT molecular complexity index is 1490. The van der Waals surface area contributed by atoms with Crippen molar-refractivity contribution in [3.8, 4) is 0 Å². The summed E-state index contributed by atoms with van der Waals surface area (Å²) in [4.78, 5) is 40.6. The fourth-order valence-corrected chi connectivity index (χ4v) is 4.40. The highest BCUT2D eigenvalue weighted by atomic mass is 35.5. The maximum atomic E-state index is 13.6. The first kappa shape index (κ1) is 21.0. The van der Waals surface area contributed by atoms with Crippen LogP contribution in [0.1, 0.15) is 43.6 Å². The van der Waals surface area contributed by atoms with E-state index in [1.807, 2.05) is 13.0 Å². The van der Waals surface area contributed by atoms with Crippen molar-refractivity contribution in [2.75, 3.05) is 12.0 Å². The number of esters is 1. The predicted octanol–water partition coefficient (Wildman–Crippen LogP) is 5.29. The largest absolute Gasteiger partial charge is 0.465 e. The van der Waals surface area contributed by atoms with Gasteiger partial charge in [0, 0.05) is 10.7 Å². The van der Waals surface area contributed by atoms with E-state index < -0.39 is 17.9 Å². The summed E-state index contributed by atoms with van der Waals surface area (Å²) in [5, 5.41) is 0.863. The smallest absolute Gasteiger partial charge is 0.337 e. The average molecular weight is 460 g/mol. The van der Waals surface area contributed by atoms with Crippen molar-refractivity contribution >= 4 is 40.1 Å². The van der Waals surface area contributed by atoms with Crippen molar-refractivity contribution in [2.24, 2.45) is 0 Å². The second kappa shape index (κ2) is 7.90. The number of methoxy groups -OCH3 is 1. The molecule has 5 rings (SSSR count). The monoisotopic (exact) mass is 459 g/mol. The minimum absolute atomic E-state index is 0.00151. The Morgan fingerprint density at radius 2 is 1.79 bits per heavy atom. The van der Waals surface area contributed by atoms with E-state index in [2.05, 4.69) is 0 Å². The minimum Gasteiger partial charge on any atom is -0.465 e. The van der Waals surface area contributed by atoms with Crippen molar-refractivity contribution in [3.05, 3.63) is 110 Å². The number of carbonyl (C=O) groups is 2. The molecule has 0 saturated heterocycles. The Hall–Kier alpha value is -3.90. The lowest BCUT2D eigenvalue weighted by Crippen LogP contribution is -2.29. The molecule has 3 aromatic carbocycles. The van der Waals surface area contributed by atoms with Gasteiger partial charge >= 0.3 is 5.97 Å². The van der Waals surface area contributed by atoms with Crippen LogP contribution in [0, 0.1) is 6.92 Å². The van der Waals surface area contributed by atoms with E-state index in [-0.39, 0.29) is 16.8 Å². The van der Waals surface area contributed by atoms with Crippen molar-refractivity contribution in [1.82, 2.24) is 0 Å². The van der Waals surface area contributed by atoms with Gasteiger partial charge in [0.15, 0.2) is 5.43 Å². The van der Waals surface area contributed by atoms with Gasteiger partial charge in [-0.3, -0.25) is 14.5 Å². The highest BCUT2D eigenvalue weighted by molar-refractivity contribution is 6.31. The number of anilines is 1. The summed E-state index contributed by atoms with van der Waals surface area (Å²) < 4.78 is 10.7. The maximum Gasteiger partial charge on any atom is 0.337 e. The molecule has 0 N–H and O–H groups in total. The van der Waals surface area contributed by atoms with Crippen molar-refractivity contribution in [1.29, 1.82) is 0 Å². The summed E-state index contributed by atoms with van der Waals surface area (Å²) in [6.45, 7) is 1.89. The number of benzene rings is 3.